The van der Waals surface area contributed by atoms with E-state index in [-0.39, 0.29) is 5.95 Å². The summed E-state index contributed by atoms with van der Waals surface area (Å²) in [6, 6.07) is 0. The average molecular weight is 140 g/mol. The maximum atomic E-state index is 10.4. The van der Waals surface area contributed by atoms with Crippen LogP contribution in [-0.4, -0.2) is 6.61 Å². The molecule has 2 rings (SSSR count). The molecular formula is C6H4O4. The maximum Gasteiger partial charge on any atom is 0.522 e. The molecule has 1 aliphatic heterocycles. The van der Waals surface area contributed by atoms with Crippen molar-refractivity contribution in [3.63, 3.8) is 0 Å². The number of rotatable bonds is 0. The predicted molar refractivity (Wildman–Crippen MR) is 31.8 cm³/mol. The molecule has 4 heteroatoms. The molecule has 0 spiro atoms. The van der Waals surface area contributed by atoms with Gasteiger partial charge in [-0.15, -0.1) is 0 Å². The molecule has 1 aromatic rings. The van der Waals surface area contributed by atoms with Gasteiger partial charge in [-0.25, -0.2) is 4.79 Å². The van der Waals surface area contributed by atoms with Crippen LogP contribution in [0.3, 0.4) is 0 Å². The van der Waals surface area contributed by atoms with Crippen molar-refractivity contribution in [2.45, 2.75) is 0 Å². The smallest absolute Gasteiger partial charge is 0.458 e. The lowest BCUT2D eigenvalue weighted by molar-refractivity contribution is 0.257. The van der Waals surface area contributed by atoms with E-state index >= 15 is 0 Å². The standard InChI is InChI=1S/C6H4O4/c7-6-9-4-2-1-3-8-5(4)10-6/h1-2H,3H2. The third-order valence-corrected chi connectivity index (χ3v) is 1.15. The molecule has 0 N–H and O–H groups in total. The van der Waals surface area contributed by atoms with Crippen molar-refractivity contribution in [1.29, 1.82) is 0 Å². The number of fused-ring (bicyclic) bond motifs is 1. The summed E-state index contributed by atoms with van der Waals surface area (Å²) in [4.78, 5) is 10.4. The van der Waals surface area contributed by atoms with E-state index in [1.54, 1.807) is 12.2 Å². The van der Waals surface area contributed by atoms with Gasteiger partial charge < -0.3 is 13.6 Å². The van der Waals surface area contributed by atoms with Gasteiger partial charge in [0.05, 0.1) is 0 Å². The van der Waals surface area contributed by atoms with Gasteiger partial charge in [0.2, 0.25) is 5.76 Å². The lowest BCUT2D eigenvalue weighted by Gasteiger charge is -2.00. The highest BCUT2D eigenvalue weighted by atomic mass is 16.7. The molecule has 0 unspecified atom stereocenters. The molecule has 0 fully saturated rings. The van der Waals surface area contributed by atoms with E-state index in [9.17, 15) is 4.79 Å². The molecule has 4 nitrogen and oxygen atoms in total. The Morgan fingerprint density at radius 1 is 1.40 bits per heavy atom. The fourth-order valence-corrected chi connectivity index (χ4v) is 0.760. The molecule has 0 saturated carbocycles. The Bertz CT molecular complexity index is 317. The second kappa shape index (κ2) is 1.76. The normalized spacial score (nSPS) is 14.4. The van der Waals surface area contributed by atoms with Gasteiger partial charge in [-0.1, -0.05) is 0 Å². The van der Waals surface area contributed by atoms with Gasteiger partial charge in [0, 0.05) is 0 Å². The number of hydrogen-bond donors (Lipinski definition) is 0. The van der Waals surface area contributed by atoms with Crippen LogP contribution in [0, 0.1) is 0 Å². The molecule has 0 amide bonds. The summed E-state index contributed by atoms with van der Waals surface area (Å²) in [6.45, 7) is 0.426. The first-order valence-electron chi connectivity index (χ1n) is 2.79. The largest absolute Gasteiger partial charge is 0.522 e. The Kier molecular flexibility index (Phi) is 0.943. The highest BCUT2D eigenvalue weighted by molar-refractivity contribution is 5.48. The zero-order chi connectivity index (χ0) is 6.97. The van der Waals surface area contributed by atoms with E-state index < -0.39 is 5.82 Å². The Morgan fingerprint density at radius 2 is 2.30 bits per heavy atom. The van der Waals surface area contributed by atoms with Crippen molar-refractivity contribution >= 4 is 6.08 Å². The number of ether oxygens (including phenoxy) is 1. The van der Waals surface area contributed by atoms with Gasteiger partial charge in [0.25, 0.3) is 0 Å². The summed E-state index contributed by atoms with van der Waals surface area (Å²) in [6.07, 6.45) is 3.38. The Hall–Kier alpha value is -1.45. The summed E-state index contributed by atoms with van der Waals surface area (Å²) in [7, 11) is 0. The first-order chi connectivity index (χ1) is 4.86. The van der Waals surface area contributed by atoms with Gasteiger partial charge in [-0.05, 0) is 12.2 Å². The molecule has 0 radical (unpaired) electrons. The van der Waals surface area contributed by atoms with Crippen LogP contribution in [0.1, 0.15) is 5.76 Å². The minimum atomic E-state index is -0.725. The molecule has 1 aliphatic rings. The van der Waals surface area contributed by atoms with Crippen LogP contribution in [0.25, 0.3) is 6.08 Å². The van der Waals surface area contributed by atoms with Crippen LogP contribution in [0.2, 0.25) is 0 Å². The summed E-state index contributed by atoms with van der Waals surface area (Å²) in [5.74, 6) is -0.194. The molecule has 0 saturated heterocycles. The van der Waals surface area contributed by atoms with Crippen molar-refractivity contribution in [3.8, 4) is 5.95 Å². The van der Waals surface area contributed by atoms with Crippen LogP contribution in [0.15, 0.2) is 19.7 Å². The topological polar surface area (TPSA) is 52.6 Å². The fraction of sp³-hybridized carbons (Fsp3) is 0.167. The van der Waals surface area contributed by atoms with Crippen molar-refractivity contribution in [3.05, 3.63) is 22.5 Å². The van der Waals surface area contributed by atoms with Crippen LogP contribution < -0.4 is 10.6 Å². The molecule has 0 aromatic carbocycles. The van der Waals surface area contributed by atoms with Gasteiger partial charge in [-0.2, -0.15) is 0 Å². The summed E-state index contributed by atoms with van der Waals surface area (Å²) in [5.41, 5.74) is 0. The van der Waals surface area contributed by atoms with Gasteiger partial charge >= 0.3 is 11.8 Å². The van der Waals surface area contributed by atoms with Crippen LogP contribution >= 0.6 is 0 Å². The Labute approximate surface area is 55.7 Å². The van der Waals surface area contributed by atoms with E-state index in [1.807, 2.05) is 0 Å². The van der Waals surface area contributed by atoms with Gasteiger partial charge in [0.1, 0.15) is 6.61 Å². The highest BCUT2D eigenvalue weighted by Gasteiger charge is 2.13. The molecular weight excluding hydrogens is 136 g/mol. The molecule has 0 atom stereocenters. The zero-order valence-corrected chi connectivity index (χ0v) is 4.99. The SMILES string of the molecule is O=c1oc2c(o1)OCC=C2. The Morgan fingerprint density at radius 3 is 3.10 bits per heavy atom. The van der Waals surface area contributed by atoms with Crippen LogP contribution in [0.5, 0.6) is 5.95 Å². The van der Waals surface area contributed by atoms with Crippen molar-refractivity contribution in [2.75, 3.05) is 6.61 Å². The third kappa shape index (κ3) is 0.655. The summed E-state index contributed by atoms with van der Waals surface area (Å²) < 4.78 is 14.0. The van der Waals surface area contributed by atoms with Crippen molar-refractivity contribution < 1.29 is 13.6 Å². The van der Waals surface area contributed by atoms with Crippen LogP contribution in [0.4, 0.5) is 0 Å². The molecule has 10 heavy (non-hydrogen) atoms. The third-order valence-electron chi connectivity index (χ3n) is 1.15. The lowest BCUT2D eigenvalue weighted by atomic mass is 10.4. The summed E-state index contributed by atoms with van der Waals surface area (Å²) >= 11 is 0. The molecule has 1 aromatic heterocycles. The van der Waals surface area contributed by atoms with Gasteiger partial charge in [-0.3, -0.25) is 0 Å². The first kappa shape index (κ1) is 5.34. The molecule has 2 heterocycles. The maximum absolute atomic E-state index is 10.4. The van der Waals surface area contributed by atoms with Crippen molar-refractivity contribution in [1.82, 2.24) is 0 Å². The summed E-state index contributed by atoms with van der Waals surface area (Å²) in [5, 5.41) is 0. The second-order valence-corrected chi connectivity index (χ2v) is 1.82. The van der Waals surface area contributed by atoms with Gasteiger partial charge in [0.15, 0.2) is 0 Å². The Balaban J connectivity index is 2.63. The molecule has 0 bridgehead atoms. The molecule has 0 aliphatic carbocycles. The average Bonchev–Trinajstić information content (AvgIpc) is 2.27. The fourth-order valence-electron chi connectivity index (χ4n) is 0.760. The van der Waals surface area contributed by atoms with E-state index in [2.05, 4.69) is 8.83 Å². The van der Waals surface area contributed by atoms with E-state index in [4.69, 9.17) is 4.74 Å². The van der Waals surface area contributed by atoms with E-state index in [0.29, 0.717) is 12.4 Å². The minimum Gasteiger partial charge on any atom is -0.458 e. The monoisotopic (exact) mass is 140 g/mol. The number of hydrogen-bond acceptors (Lipinski definition) is 4. The van der Waals surface area contributed by atoms with Crippen LogP contribution in [-0.2, 0) is 0 Å². The van der Waals surface area contributed by atoms with E-state index in [0.717, 1.165) is 0 Å². The quantitative estimate of drug-likeness (QED) is 0.530. The predicted octanol–water partition coefficient (Wildman–Crippen LogP) is 0.638. The second-order valence-electron chi connectivity index (χ2n) is 1.82. The minimum absolute atomic E-state index is 0.174. The van der Waals surface area contributed by atoms with E-state index in [1.165, 1.54) is 0 Å². The molecule has 52 valence electrons. The first-order valence-corrected chi connectivity index (χ1v) is 2.79. The zero-order valence-electron chi connectivity index (χ0n) is 4.99. The van der Waals surface area contributed by atoms with Crippen molar-refractivity contribution in [2.24, 2.45) is 0 Å². The lowest BCUT2D eigenvalue weighted by Crippen LogP contribution is -1.96. The highest BCUT2D eigenvalue weighted by Crippen LogP contribution is 2.20.